The number of halogens is 1. The van der Waals surface area contributed by atoms with E-state index >= 15 is 0 Å². The summed E-state index contributed by atoms with van der Waals surface area (Å²) in [5.41, 5.74) is 3.99. The van der Waals surface area contributed by atoms with Crippen LogP contribution in [0.2, 0.25) is 0 Å². The van der Waals surface area contributed by atoms with Crippen molar-refractivity contribution in [1.82, 2.24) is 14.7 Å². The third-order valence-electron chi connectivity index (χ3n) is 4.01. The molecule has 0 atom stereocenters. The Kier molecular flexibility index (Phi) is 5.39. The minimum absolute atomic E-state index is 0.0298. The van der Waals surface area contributed by atoms with Gasteiger partial charge in [-0.05, 0) is 65.7 Å². The summed E-state index contributed by atoms with van der Waals surface area (Å²) in [6.45, 7) is 5.37. The Morgan fingerprint density at radius 1 is 1.20 bits per heavy atom. The van der Waals surface area contributed by atoms with Crippen LogP contribution in [0.1, 0.15) is 32.2 Å². The Hall–Kier alpha value is -1.92. The van der Waals surface area contributed by atoms with E-state index in [9.17, 15) is 4.79 Å². The molecule has 0 saturated carbocycles. The van der Waals surface area contributed by atoms with Crippen molar-refractivity contribution >= 4 is 33.2 Å². The van der Waals surface area contributed by atoms with Crippen LogP contribution in [0.5, 0.6) is 0 Å². The van der Waals surface area contributed by atoms with Crippen molar-refractivity contribution in [3.63, 3.8) is 0 Å². The zero-order chi connectivity index (χ0) is 18.0. The lowest BCUT2D eigenvalue weighted by Gasteiger charge is -2.16. The van der Waals surface area contributed by atoms with Gasteiger partial charge in [-0.2, -0.15) is 5.10 Å². The van der Waals surface area contributed by atoms with Crippen LogP contribution in [-0.2, 0) is 13.1 Å². The Labute approximate surface area is 160 Å². The van der Waals surface area contributed by atoms with Crippen molar-refractivity contribution in [1.29, 1.82) is 0 Å². The predicted molar refractivity (Wildman–Crippen MR) is 105 cm³/mol. The monoisotopic (exact) mass is 417 g/mol. The third-order valence-corrected chi connectivity index (χ3v) is 5.61. The second-order valence-electron chi connectivity index (χ2n) is 6.15. The number of nitrogens with zero attached hydrogens (tertiary/aromatic N) is 3. The zero-order valence-corrected chi connectivity index (χ0v) is 16.9. The van der Waals surface area contributed by atoms with Crippen molar-refractivity contribution in [2.24, 2.45) is 0 Å². The number of amides is 1. The molecule has 1 aromatic carbocycles. The molecule has 4 nitrogen and oxygen atoms in total. The molecule has 2 heterocycles. The van der Waals surface area contributed by atoms with Gasteiger partial charge in [-0.3, -0.25) is 9.48 Å². The first-order valence-corrected chi connectivity index (χ1v) is 9.63. The molecule has 6 heteroatoms. The number of benzene rings is 1. The highest BCUT2D eigenvalue weighted by atomic mass is 79.9. The number of hydrogen-bond acceptors (Lipinski definition) is 3. The highest BCUT2D eigenvalue weighted by Crippen LogP contribution is 2.23. The van der Waals surface area contributed by atoms with Gasteiger partial charge in [-0.25, -0.2) is 0 Å². The molecule has 0 fully saturated rings. The van der Waals surface area contributed by atoms with Gasteiger partial charge < -0.3 is 4.90 Å². The summed E-state index contributed by atoms with van der Waals surface area (Å²) in [7, 11) is 1.83. The maximum atomic E-state index is 12.6. The van der Waals surface area contributed by atoms with E-state index in [0.717, 1.165) is 25.6 Å². The number of rotatable bonds is 5. The van der Waals surface area contributed by atoms with E-state index in [1.165, 1.54) is 0 Å². The Balaban J connectivity index is 1.66. The number of aromatic nitrogens is 2. The van der Waals surface area contributed by atoms with Gasteiger partial charge in [0.2, 0.25) is 0 Å². The van der Waals surface area contributed by atoms with E-state index in [1.807, 2.05) is 55.1 Å². The third kappa shape index (κ3) is 4.38. The van der Waals surface area contributed by atoms with Gasteiger partial charge >= 0.3 is 0 Å². The van der Waals surface area contributed by atoms with Crippen LogP contribution in [0, 0.1) is 13.8 Å². The Morgan fingerprint density at radius 2 is 1.92 bits per heavy atom. The summed E-state index contributed by atoms with van der Waals surface area (Å²) < 4.78 is 3.06. The molecule has 0 saturated heterocycles. The SMILES string of the molecule is Cc1cc(C)n(Cc2ccc(C(=O)N(C)Cc3ccc(Br)s3)cc2)n1. The molecule has 130 valence electrons. The van der Waals surface area contributed by atoms with Crippen LogP contribution in [0.25, 0.3) is 0 Å². The zero-order valence-electron chi connectivity index (χ0n) is 14.5. The second-order valence-corrected chi connectivity index (χ2v) is 8.70. The van der Waals surface area contributed by atoms with E-state index in [4.69, 9.17) is 0 Å². The Bertz CT molecular complexity index is 882. The number of carbonyl (C=O) groups excluding carboxylic acids is 1. The summed E-state index contributed by atoms with van der Waals surface area (Å²) in [5, 5.41) is 4.48. The van der Waals surface area contributed by atoms with Gasteiger partial charge in [0.25, 0.3) is 5.91 Å². The lowest BCUT2D eigenvalue weighted by molar-refractivity contribution is 0.0786. The van der Waals surface area contributed by atoms with Gasteiger partial charge in [-0.15, -0.1) is 11.3 Å². The van der Waals surface area contributed by atoms with Crippen molar-refractivity contribution in [3.05, 3.63) is 73.6 Å². The van der Waals surface area contributed by atoms with E-state index in [2.05, 4.69) is 34.0 Å². The molecule has 0 radical (unpaired) electrons. The molecule has 25 heavy (non-hydrogen) atoms. The standard InChI is InChI=1S/C19H20BrN3OS/c1-13-10-14(2)23(21-13)11-15-4-6-16(7-5-15)19(24)22(3)12-17-8-9-18(20)25-17/h4-10H,11-12H2,1-3H3. The highest BCUT2D eigenvalue weighted by Gasteiger charge is 2.13. The average molecular weight is 418 g/mol. The molecular weight excluding hydrogens is 398 g/mol. The second kappa shape index (κ2) is 7.54. The molecule has 0 unspecified atom stereocenters. The predicted octanol–water partition coefficient (Wildman–Crippen LogP) is 4.64. The topological polar surface area (TPSA) is 38.1 Å². The fourth-order valence-electron chi connectivity index (χ4n) is 2.72. The first kappa shape index (κ1) is 17.9. The molecule has 0 spiro atoms. The molecule has 3 rings (SSSR count). The van der Waals surface area contributed by atoms with Crippen LogP contribution in [0.4, 0.5) is 0 Å². The van der Waals surface area contributed by atoms with Crippen molar-refractivity contribution in [3.8, 4) is 0 Å². The number of hydrogen-bond donors (Lipinski definition) is 0. The summed E-state index contributed by atoms with van der Waals surface area (Å²) in [6, 6.07) is 13.9. The molecule has 0 aliphatic carbocycles. The van der Waals surface area contributed by atoms with E-state index < -0.39 is 0 Å². The van der Waals surface area contributed by atoms with Gasteiger partial charge in [-0.1, -0.05) is 12.1 Å². The molecule has 3 aromatic rings. The minimum Gasteiger partial charge on any atom is -0.337 e. The fraction of sp³-hybridized carbons (Fsp3) is 0.263. The normalized spacial score (nSPS) is 10.9. The van der Waals surface area contributed by atoms with Crippen LogP contribution in [0.3, 0.4) is 0 Å². The summed E-state index contributed by atoms with van der Waals surface area (Å²) in [5.74, 6) is 0.0298. The van der Waals surface area contributed by atoms with Crippen molar-refractivity contribution < 1.29 is 4.79 Å². The van der Waals surface area contributed by atoms with Crippen molar-refractivity contribution in [2.75, 3.05) is 7.05 Å². The van der Waals surface area contributed by atoms with Crippen LogP contribution in [0.15, 0.2) is 46.3 Å². The molecule has 1 amide bonds. The lowest BCUT2D eigenvalue weighted by atomic mass is 10.1. The largest absolute Gasteiger partial charge is 0.337 e. The van der Waals surface area contributed by atoms with Gasteiger partial charge in [0, 0.05) is 23.2 Å². The van der Waals surface area contributed by atoms with Gasteiger partial charge in [0.1, 0.15) is 0 Å². The summed E-state index contributed by atoms with van der Waals surface area (Å²) in [6.07, 6.45) is 0. The summed E-state index contributed by atoms with van der Waals surface area (Å²) in [4.78, 5) is 15.5. The molecule has 0 bridgehead atoms. The van der Waals surface area contributed by atoms with E-state index in [1.54, 1.807) is 16.2 Å². The van der Waals surface area contributed by atoms with Crippen LogP contribution >= 0.6 is 27.3 Å². The molecule has 0 aliphatic rings. The molecular formula is C19H20BrN3OS. The van der Waals surface area contributed by atoms with Gasteiger partial charge in [0.15, 0.2) is 0 Å². The molecule has 0 aliphatic heterocycles. The number of carbonyl (C=O) groups is 1. The van der Waals surface area contributed by atoms with E-state index in [0.29, 0.717) is 18.7 Å². The van der Waals surface area contributed by atoms with E-state index in [-0.39, 0.29) is 5.91 Å². The Morgan fingerprint density at radius 3 is 2.48 bits per heavy atom. The number of aryl methyl sites for hydroxylation is 2. The molecule has 0 N–H and O–H groups in total. The van der Waals surface area contributed by atoms with Crippen LogP contribution in [-0.4, -0.2) is 27.6 Å². The first-order chi connectivity index (χ1) is 11.9. The molecule has 2 aromatic heterocycles. The minimum atomic E-state index is 0.0298. The smallest absolute Gasteiger partial charge is 0.253 e. The average Bonchev–Trinajstić information content (AvgIpc) is 3.12. The maximum absolute atomic E-state index is 12.6. The lowest BCUT2D eigenvalue weighted by Crippen LogP contribution is -2.25. The quantitative estimate of drug-likeness (QED) is 0.605. The van der Waals surface area contributed by atoms with Crippen LogP contribution < -0.4 is 0 Å². The number of thiophene rings is 1. The highest BCUT2D eigenvalue weighted by molar-refractivity contribution is 9.11. The van der Waals surface area contributed by atoms with Crippen molar-refractivity contribution in [2.45, 2.75) is 26.9 Å². The maximum Gasteiger partial charge on any atom is 0.253 e. The first-order valence-electron chi connectivity index (χ1n) is 8.02. The summed E-state index contributed by atoms with van der Waals surface area (Å²) >= 11 is 5.10. The van der Waals surface area contributed by atoms with Gasteiger partial charge in [0.05, 0.1) is 22.6 Å². The fourth-order valence-corrected chi connectivity index (χ4v) is 4.26.